The summed E-state index contributed by atoms with van der Waals surface area (Å²) in [4.78, 5) is 0. The number of halogens is 3. The molecule has 1 N–H and O–H groups in total. The van der Waals surface area contributed by atoms with Gasteiger partial charge in [-0.2, -0.15) is 5.10 Å². The molecule has 0 atom stereocenters. The van der Waals surface area contributed by atoms with Crippen molar-refractivity contribution in [2.24, 2.45) is 0 Å². The van der Waals surface area contributed by atoms with E-state index in [2.05, 4.69) is 26.3 Å². The van der Waals surface area contributed by atoms with E-state index < -0.39 is 11.6 Å². The van der Waals surface area contributed by atoms with Crippen molar-refractivity contribution in [3.05, 3.63) is 46.2 Å². The molecule has 0 saturated carbocycles. The van der Waals surface area contributed by atoms with Crippen LogP contribution in [0.4, 0.5) is 8.78 Å². The molecule has 0 spiro atoms. The van der Waals surface area contributed by atoms with Crippen LogP contribution >= 0.6 is 15.9 Å². The first-order valence-corrected chi connectivity index (χ1v) is 6.69. The Morgan fingerprint density at radius 3 is 2.74 bits per heavy atom. The van der Waals surface area contributed by atoms with Crippen LogP contribution in [0.3, 0.4) is 0 Å². The van der Waals surface area contributed by atoms with Crippen LogP contribution in [-0.2, 0) is 6.54 Å². The molecule has 2 rings (SSSR count). The van der Waals surface area contributed by atoms with Gasteiger partial charge in [0.1, 0.15) is 11.5 Å². The van der Waals surface area contributed by atoms with Crippen molar-refractivity contribution in [2.45, 2.75) is 26.4 Å². The number of hydrogen-bond donors (Lipinski definition) is 1. The molecule has 0 saturated heterocycles. The van der Waals surface area contributed by atoms with E-state index in [9.17, 15) is 8.78 Å². The number of nitrogens with one attached hydrogen (secondary N) is 1. The lowest BCUT2D eigenvalue weighted by Crippen LogP contribution is -2.22. The van der Waals surface area contributed by atoms with Gasteiger partial charge in [-0.25, -0.2) is 13.5 Å². The summed E-state index contributed by atoms with van der Waals surface area (Å²) < 4.78 is 28.5. The Kier molecular flexibility index (Phi) is 4.31. The summed E-state index contributed by atoms with van der Waals surface area (Å²) in [6.45, 7) is 4.68. The second-order valence-electron chi connectivity index (χ2n) is 4.50. The standard InChI is InChI=1S/C13H14BrF2N3/c1-8(2)17-7-9-3-4-19(18-9)13-5-10(14)11(15)6-12(13)16/h3-6,8,17H,7H2,1-2H3. The average Bonchev–Trinajstić information content (AvgIpc) is 2.80. The van der Waals surface area contributed by atoms with Gasteiger partial charge in [-0.05, 0) is 28.1 Å². The highest BCUT2D eigenvalue weighted by Gasteiger charge is 2.11. The van der Waals surface area contributed by atoms with E-state index in [0.29, 0.717) is 12.6 Å². The van der Waals surface area contributed by atoms with Crippen LogP contribution in [0.15, 0.2) is 28.9 Å². The lowest BCUT2D eigenvalue weighted by atomic mass is 10.3. The molecule has 1 aromatic heterocycles. The zero-order valence-electron chi connectivity index (χ0n) is 10.6. The maximum Gasteiger partial charge on any atom is 0.151 e. The third kappa shape index (κ3) is 3.39. The molecule has 2 aromatic rings. The van der Waals surface area contributed by atoms with Crippen molar-refractivity contribution in [1.82, 2.24) is 15.1 Å². The second-order valence-corrected chi connectivity index (χ2v) is 5.36. The van der Waals surface area contributed by atoms with Crippen LogP contribution in [0.2, 0.25) is 0 Å². The molecule has 0 fully saturated rings. The molecule has 19 heavy (non-hydrogen) atoms. The van der Waals surface area contributed by atoms with Gasteiger partial charge in [-0.1, -0.05) is 13.8 Å². The summed E-state index contributed by atoms with van der Waals surface area (Å²) in [5.41, 5.74) is 1.01. The van der Waals surface area contributed by atoms with Crippen LogP contribution < -0.4 is 5.32 Å². The van der Waals surface area contributed by atoms with Crippen molar-refractivity contribution in [3.63, 3.8) is 0 Å². The van der Waals surface area contributed by atoms with Gasteiger partial charge >= 0.3 is 0 Å². The van der Waals surface area contributed by atoms with Gasteiger partial charge in [-0.15, -0.1) is 0 Å². The molecule has 102 valence electrons. The van der Waals surface area contributed by atoms with E-state index in [1.165, 1.54) is 10.7 Å². The van der Waals surface area contributed by atoms with Crippen molar-refractivity contribution in [3.8, 4) is 5.69 Å². The van der Waals surface area contributed by atoms with Gasteiger partial charge in [0.2, 0.25) is 0 Å². The molecule has 3 nitrogen and oxygen atoms in total. The Balaban J connectivity index is 2.25. The summed E-state index contributed by atoms with van der Waals surface area (Å²) in [6, 6.07) is 4.36. The van der Waals surface area contributed by atoms with Crippen molar-refractivity contribution >= 4 is 15.9 Å². The van der Waals surface area contributed by atoms with Gasteiger partial charge < -0.3 is 5.32 Å². The molecular weight excluding hydrogens is 316 g/mol. The number of nitrogens with zero attached hydrogens (tertiary/aromatic N) is 2. The molecular formula is C13H14BrF2N3. The highest BCUT2D eigenvalue weighted by molar-refractivity contribution is 9.10. The molecule has 1 aromatic carbocycles. The molecule has 0 aliphatic heterocycles. The Labute approximate surface area is 118 Å². The molecule has 0 aliphatic rings. The van der Waals surface area contributed by atoms with Crippen molar-refractivity contribution in [2.75, 3.05) is 0 Å². The van der Waals surface area contributed by atoms with E-state index >= 15 is 0 Å². The van der Waals surface area contributed by atoms with E-state index in [4.69, 9.17) is 0 Å². The molecule has 0 unspecified atom stereocenters. The number of aromatic nitrogens is 2. The van der Waals surface area contributed by atoms with E-state index in [1.807, 2.05) is 13.8 Å². The fraction of sp³-hybridized carbons (Fsp3) is 0.308. The maximum atomic E-state index is 13.7. The van der Waals surface area contributed by atoms with E-state index in [-0.39, 0.29) is 10.2 Å². The van der Waals surface area contributed by atoms with Gasteiger partial charge in [0.05, 0.1) is 10.2 Å². The Morgan fingerprint density at radius 1 is 1.32 bits per heavy atom. The molecule has 6 heteroatoms. The summed E-state index contributed by atoms with van der Waals surface area (Å²) in [7, 11) is 0. The van der Waals surface area contributed by atoms with E-state index in [0.717, 1.165) is 11.8 Å². The third-order valence-electron chi connectivity index (χ3n) is 2.57. The fourth-order valence-electron chi connectivity index (χ4n) is 1.59. The summed E-state index contributed by atoms with van der Waals surface area (Å²) >= 11 is 3.04. The predicted octanol–water partition coefficient (Wildman–Crippen LogP) is 3.41. The predicted molar refractivity (Wildman–Crippen MR) is 73.2 cm³/mol. The maximum absolute atomic E-state index is 13.7. The minimum Gasteiger partial charge on any atom is -0.309 e. The molecule has 1 heterocycles. The van der Waals surface area contributed by atoms with Crippen molar-refractivity contribution in [1.29, 1.82) is 0 Å². The minimum atomic E-state index is -0.646. The lowest BCUT2D eigenvalue weighted by Gasteiger charge is -2.06. The topological polar surface area (TPSA) is 29.9 Å². The monoisotopic (exact) mass is 329 g/mol. The van der Waals surface area contributed by atoms with Gasteiger partial charge in [0, 0.05) is 24.8 Å². The molecule has 0 aliphatic carbocycles. The van der Waals surface area contributed by atoms with Gasteiger partial charge in [0.25, 0.3) is 0 Å². The number of rotatable bonds is 4. The summed E-state index contributed by atoms with van der Waals surface area (Å²) in [5.74, 6) is -1.28. The van der Waals surface area contributed by atoms with Gasteiger partial charge in [0.15, 0.2) is 5.82 Å². The smallest absolute Gasteiger partial charge is 0.151 e. The highest BCUT2D eigenvalue weighted by atomic mass is 79.9. The summed E-state index contributed by atoms with van der Waals surface area (Å²) in [5, 5.41) is 7.48. The van der Waals surface area contributed by atoms with Crippen molar-refractivity contribution < 1.29 is 8.78 Å². The Bertz CT molecular complexity index is 581. The largest absolute Gasteiger partial charge is 0.309 e. The second kappa shape index (κ2) is 5.79. The zero-order valence-corrected chi connectivity index (χ0v) is 12.2. The molecule has 0 amide bonds. The zero-order chi connectivity index (χ0) is 14.0. The average molecular weight is 330 g/mol. The quantitative estimate of drug-likeness (QED) is 0.871. The molecule has 0 radical (unpaired) electrons. The van der Waals surface area contributed by atoms with Gasteiger partial charge in [-0.3, -0.25) is 0 Å². The number of benzene rings is 1. The van der Waals surface area contributed by atoms with Crippen LogP contribution in [0.5, 0.6) is 0 Å². The van der Waals surface area contributed by atoms with Crippen LogP contribution in [0.1, 0.15) is 19.5 Å². The first-order chi connectivity index (χ1) is 8.97. The van der Waals surface area contributed by atoms with E-state index in [1.54, 1.807) is 12.3 Å². The van der Waals surface area contributed by atoms with Crippen LogP contribution in [0.25, 0.3) is 5.69 Å². The first kappa shape index (κ1) is 14.1. The fourth-order valence-corrected chi connectivity index (χ4v) is 1.92. The summed E-state index contributed by atoms with van der Waals surface area (Å²) in [6.07, 6.45) is 1.65. The normalized spacial score (nSPS) is 11.3. The number of hydrogen-bond acceptors (Lipinski definition) is 2. The third-order valence-corrected chi connectivity index (χ3v) is 3.18. The van der Waals surface area contributed by atoms with Crippen LogP contribution in [-0.4, -0.2) is 15.8 Å². The van der Waals surface area contributed by atoms with Crippen LogP contribution in [0, 0.1) is 11.6 Å². The highest BCUT2D eigenvalue weighted by Crippen LogP contribution is 2.22. The lowest BCUT2D eigenvalue weighted by molar-refractivity contribution is 0.563. The Hall–Kier alpha value is -1.27. The molecule has 0 bridgehead atoms. The minimum absolute atomic E-state index is 0.209. The SMILES string of the molecule is CC(C)NCc1ccn(-c2cc(Br)c(F)cc2F)n1. The Morgan fingerprint density at radius 2 is 2.05 bits per heavy atom. The first-order valence-electron chi connectivity index (χ1n) is 5.90.